The summed E-state index contributed by atoms with van der Waals surface area (Å²) in [7, 11) is 0. The third-order valence-electron chi connectivity index (χ3n) is 3.85. The molecule has 1 aliphatic rings. The Hall–Kier alpha value is -1.59. The molecule has 1 unspecified atom stereocenters. The minimum atomic E-state index is -0.110. The molecular weight excluding hydrogens is 302 g/mol. The topological polar surface area (TPSA) is 75.4 Å². The molecule has 0 aliphatic carbocycles. The van der Waals surface area contributed by atoms with Gasteiger partial charge in [0.25, 0.3) is 5.91 Å². The molecule has 1 aromatic rings. The van der Waals surface area contributed by atoms with E-state index in [0.29, 0.717) is 30.3 Å². The lowest BCUT2D eigenvalue weighted by Crippen LogP contribution is -2.42. The molecule has 0 radical (unpaired) electrons. The van der Waals surface area contributed by atoms with Gasteiger partial charge in [-0.25, -0.2) is 0 Å². The lowest BCUT2D eigenvalue weighted by Gasteiger charge is -2.33. The van der Waals surface area contributed by atoms with E-state index in [1.165, 1.54) is 6.42 Å². The van der Waals surface area contributed by atoms with Crippen molar-refractivity contribution < 1.29 is 9.59 Å². The minimum Gasteiger partial charge on any atom is -0.336 e. The summed E-state index contributed by atoms with van der Waals surface area (Å²) in [6.07, 6.45) is 3.63. The number of nitrogens with two attached hydrogens (primary N) is 1. The van der Waals surface area contributed by atoms with E-state index in [2.05, 4.69) is 12.2 Å². The van der Waals surface area contributed by atoms with Gasteiger partial charge in [0, 0.05) is 36.8 Å². The van der Waals surface area contributed by atoms with E-state index < -0.39 is 0 Å². The number of carbonyl (C=O) groups is 2. The number of carbonyl (C=O) groups excluding carboxylic acids is 2. The fourth-order valence-corrected chi connectivity index (χ4v) is 2.62. The van der Waals surface area contributed by atoms with Crippen LogP contribution in [0.4, 0.5) is 5.69 Å². The average molecular weight is 326 g/mol. The number of nitrogens with one attached hydrogen (secondary N) is 1. The predicted molar refractivity (Wildman–Crippen MR) is 90.3 cm³/mol. The van der Waals surface area contributed by atoms with Gasteiger partial charge in [-0.2, -0.15) is 0 Å². The monoisotopic (exact) mass is 325 g/mol. The summed E-state index contributed by atoms with van der Waals surface area (Å²) >= 11 is 0. The molecule has 1 aliphatic heterocycles. The van der Waals surface area contributed by atoms with Crippen LogP contribution in [0.3, 0.4) is 0 Å². The molecule has 3 N–H and O–H groups in total. The molecule has 1 fully saturated rings. The molecule has 22 heavy (non-hydrogen) atoms. The Morgan fingerprint density at radius 3 is 2.55 bits per heavy atom. The van der Waals surface area contributed by atoms with E-state index >= 15 is 0 Å². The summed E-state index contributed by atoms with van der Waals surface area (Å²) in [6, 6.07) is 7.35. The van der Waals surface area contributed by atoms with Crippen LogP contribution in [0.15, 0.2) is 24.3 Å². The molecule has 1 atom stereocenters. The van der Waals surface area contributed by atoms with Crippen molar-refractivity contribution >= 4 is 29.9 Å². The Kier molecular flexibility index (Phi) is 7.35. The van der Waals surface area contributed by atoms with Crippen molar-refractivity contribution in [3.05, 3.63) is 29.8 Å². The summed E-state index contributed by atoms with van der Waals surface area (Å²) in [5.74, 6) is -0.0386. The zero-order valence-corrected chi connectivity index (χ0v) is 13.7. The van der Waals surface area contributed by atoms with Crippen LogP contribution in [0.5, 0.6) is 0 Å². The first-order chi connectivity index (χ1) is 10.1. The number of hydrogen-bond donors (Lipinski definition) is 2. The van der Waals surface area contributed by atoms with E-state index in [1.54, 1.807) is 24.3 Å². The first-order valence-corrected chi connectivity index (χ1v) is 7.53. The van der Waals surface area contributed by atoms with Crippen molar-refractivity contribution in [3.8, 4) is 0 Å². The van der Waals surface area contributed by atoms with Gasteiger partial charge in [-0.1, -0.05) is 0 Å². The standard InChI is InChI=1S/C16H23N3O2.ClH/c1-12-4-2-3-11-19(12)16(21)13-5-7-14(8-6-13)18-15(20)9-10-17;/h5-8,12H,2-4,9-11,17H2,1H3,(H,18,20);1H. The third-order valence-corrected chi connectivity index (χ3v) is 3.85. The number of anilines is 1. The molecule has 2 rings (SSSR count). The Bertz CT molecular complexity index is 505. The number of nitrogens with zero attached hydrogens (tertiary/aromatic N) is 1. The van der Waals surface area contributed by atoms with Crippen molar-refractivity contribution in [1.82, 2.24) is 4.90 Å². The number of rotatable bonds is 4. The molecule has 5 nitrogen and oxygen atoms in total. The molecule has 0 aromatic heterocycles. The highest BCUT2D eigenvalue weighted by Gasteiger charge is 2.23. The lowest BCUT2D eigenvalue weighted by atomic mass is 10.0. The number of benzene rings is 1. The zero-order valence-electron chi connectivity index (χ0n) is 12.9. The van der Waals surface area contributed by atoms with Crippen LogP contribution in [0.1, 0.15) is 43.0 Å². The SMILES string of the molecule is CC1CCCCN1C(=O)c1ccc(NC(=O)CCN)cc1.Cl. The van der Waals surface area contributed by atoms with Crippen LogP contribution in [-0.4, -0.2) is 35.8 Å². The maximum absolute atomic E-state index is 12.5. The van der Waals surface area contributed by atoms with Gasteiger partial charge in [0.2, 0.25) is 5.91 Å². The van der Waals surface area contributed by atoms with Gasteiger partial charge in [-0.15, -0.1) is 12.4 Å². The van der Waals surface area contributed by atoms with E-state index in [4.69, 9.17) is 5.73 Å². The van der Waals surface area contributed by atoms with Crippen LogP contribution in [0.2, 0.25) is 0 Å². The van der Waals surface area contributed by atoms with E-state index in [9.17, 15) is 9.59 Å². The Morgan fingerprint density at radius 1 is 1.27 bits per heavy atom. The Balaban J connectivity index is 0.00000242. The highest BCUT2D eigenvalue weighted by Crippen LogP contribution is 2.20. The molecule has 1 aromatic carbocycles. The van der Waals surface area contributed by atoms with Crippen LogP contribution in [0.25, 0.3) is 0 Å². The summed E-state index contributed by atoms with van der Waals surface area (Å²) in [6.45, 7) is 3.25. The van der Waals surface area contributed by atoms with Gasteiger partial charge in [0.05, 0.1) is 0 Å². The van der Waals surface area contributed by atoms with E-state index in [1.807, 2.05) is 4.90 Å². The quantitative estimate of drug-likeness (QED) is 0.892. The van der Waals surface area contributed by atoms with Crippen LogP contribution in [0, 0.1) is 0 Å². The first-order valence-electron chi connectivity index (χ1n) is 7.53. The van der Waals surface area contributed by atoms with Crippen molar-refractivity contribution in [1.29, 1.82) is 0 Å². The number of hydrogen-bond acceptors (Lipinski definition) is 3. The molecule has 1 saturated heterocycles. The lowest BCUT2D eigenvalue weighted by molar-refractivity contribution is -0.116. The largest absolute Gasteiger partial charge is 0.336 e. The van der Waals surface area contributed by atoms with Gasteiger partial charge in [0.15, 0.2) is 0 Å². The Labute approximate surface area is 137 Å². The fraction of sp³-hybridized carbons (Fsp3) is 0.500. The highest BCUT2D eigenvalue weighted by molar-refractivity contribution is 5.96. The normalized spacial score (nSPS) is 17.5. The second-order valence-corrected chi connectivity index (χ2v) is 5.51. The predicted octanol–water partition coefficient (Wildman–Crippen LogP) is 2.41. The summed E-state index contributed by atoms with van der Waals surface area (Å²) in [5.41, 5.74) is 6.69. The number of piperidine rings is 1. The number of likely N-dealkylation sites (tertiary alicyclic amines) is 1. The van der Waals surface area contributed by atoms with Gasteiger partial charge >= 0.3 is 0 Å². The smallest absolute Gasteiger partial charge is 0.254 e. The van der Waals surface area contributed by atoms with Crippen LogP contribution in [-0.2, 0) is 4.79 Å². The molecule has 6 heteroatoms. The molecule has 122 valence electrons. The summed E-state index contributed by atoms with van der Waals surface area (Å²) < 4.78 is 0. The molecule has 1 heterocycles. The number of halogens is 1. The highest BCUT2D eigenvalue weighted by atomic mass is 35.5. The fourth-order valence-electron chi connectivity index (χ4n) is 2.62. The molecule has 0 saturated carbocycles. The zero-order chi connectivity index (χ0) is 15.2. The van der Waals surface area contributed by atoms with Crippen molar-refractivity contribution in [2.45, 2.75) is 38.6 Å². The van der Waals surface area contributed by atoms with E-state index in [0.717, 1.165) is 19.4 Å². The van der Waals surface area contributed by atoms with Gasteiger partial charge in [0.1, 0.15) is 0 Å². The summed E-state index contributed by atoms with van der Waals surface area (Å²) in [5, 5.41) is 2.75. The van der Waals surface area contributed by atoms with E-state index in [-0.39, 0.29) is 24.2 Å². The molecule has 2 amide bonds. The minimum absolute atomic E-state index is 0. The van der Waals surface area contributed by atoms with Gasteiger partial charge in [-0.05, 0) is 50.5 Å². The van der Waals surface area contributed by atoms with Gasteiger partial charge < -0.3 is 16.0 Å². The molecule has 0 spiro atoms. The second-order valence-electron chi connectivity index (χ2n) is 5.51. The maximum Gasteiger partial charge on any atom is 0.254 e. The maximum atomic E-state index is 12.5. The molecule has 0 bridgehead atoms. The summed E-state index contributed by atoms with van der Waals surface area (Å²) in [4.78, 5) is 25.9. The van der Waals surface area contributed by atoms with Crippen molar-refractivity contribution in [3.63, 3.8) is 0 Å². The Morgan fingerprint density at radius 2 is 1.95 bits per heavy atom. The number of amides is 2. The van der Waals surface area contributed by atoms with Crippen LogP contribution < -0.4 is 11.1 Å². The second kappa shape index (κ2) is 8.76. The van der Waals surface area contributed by atoms with Crippen molar-refractivity contribution in [2.24, 2.45) is 5.73 Å². The molecular formula is C16H24ClN3O2. The van der Waals surface area contributed by atoms with Gasteiger partial charge in [-0.3, -0.25) is 9.59 Å². The first kappa shape index (κ1) is 18.5. The average Bonchev–Trinajstić information content (AvgIpc) is 2.48. The van der Waals surface area contributed by atoms with Crippen LogP contribution >= 0.6 is 12.4 Å². The van der Waals surface area contributed by atoms with Crippen molar-refractivity contribution in [2.75, 3.05) is 18.4 Å². The third kappa shape index (κ3) is 4.71.